The third-order valence-electron chi connectivity index (χ3n) is 4.57. The minimum atomic E-state index is -0.423. The van der Waals surface area contributed by atoms with Gasteiger partial charge in [-0.1, -0.05) is 59.3 Å². The van der Waals surface area contributed by atoms with Gasteiger partial charge in [0, 0.05) is 5.70 Å². The van der Waals surface area contributed by atoms with Gasteiger partial charge in [0.05, 0.1) is 10.6 Å². The number of rotatable bonds is 4. The maximum Gasteiger partial charge on any atom is 0.283 e. The van der Waals surface area contributed by atoms with Crippen molar-refractivity contribution in [2.45, 2.75) is 20.5 Å². The lowest BCUT2D eigenvalue weighted by molar-refractivity contribution is -0.114. The van der Waals surface area contributed by atoms with Crippen molar-refractivity contribution in [1.29, 1.82) is 5.41 Å². The summed E-state index contributed by atoms with van der Waals surface area (Å²) in [7, 11) is 0. The largest absolute Gasteiger partial charge is 0.487 e. The molecule has 2 aromatic carbocycles. The molecule has 2 aliphatic rings. The summed E-state index contributed by atoms with van der Waals surface area (Å²) in [6.07, 6.45) is 1.64. The van der Waals surface area contributed by atoms with E-state index < -0.39 is 5.91 Å². The first-order valence-electron chi connectivity index (χ1n) is 8.97. The number of thioether (sulfide) groups is 1. The predicted molar refractivity (Wildman–Crippen MR) is 118 cm³/mol. The number of aryl methyl sites for hydroxylation is 1. The zero-order valence-corrected chi connectivity index (χ0v) is 17.5. The number of carbonyl (C=O) groups is 1. The van der Waals surface area contributed by atoms with Gasteiger partial charge in [0.2, 0.25) is 0 Å². The van der Waals surface area contributed by atoms with Crippen LogP contribution in [0.25, 0.3) is 6.08 Å². The highest BCUT2D eigenvalue weighted by Gasteiger charge is 2.33. The third-order valence-corrected chi connectivity index (χ3v) is 5.81. The van der Waals surface area contributed by atoms with Gasteiger partial charge >= 0.3 is 0 Å². The SMILES string of the molecule is CC1=CSC2=NC(=O)/C(=C/c3ccc(OCc4ccc(C)cc4)c(Cl)c3)C(=N)N12. The number of nitrogens with zero attached hydrogens (tertiary/aromatic N) is 2. The van der Waals surface area contributed by atoms with Crippen molar-refractivity contribution < 1.29 is 9.53 Å². The molecule has 0 saturated heterocycles. The fraction of sp³-hybridized carbons (Fsp3) is 0.136. The van der Waals surface area contributed by atoms with E-state index in [1.165, 1.54) is 17.3 Å². The summed E-state index contributed by atoms with van der Waals surface area (Å²) in [5, 5.41) is 11.2. The first kappa shape index (κ1) is 19.5. The number of halogens is 1. The van der Waals surface area contributed by atoms with Crippen molar-refractivity contribution >= 4 is 46.3 Å². The number of hydrogen-bond acceptors (Lipinski definition) is 4. The maximum absolute atomic E-state index is 12.4. The van der Waals surface area contributed by atoms with E-state index in [-0.39, 0.29) is 11.4 Å². The highest BCUT2D eigenvalue weighted by Crippen LogP contribution is 2.33. The molecule has 1 N–H and O–H groups in total. The van der Waals surface area contributed by atoms with Crippen molar-refractivity contribution in [3.63, 3.8) is 0 Å². The van der Waals surface area contributed by atoms with Crippen molar-refractivity contribution in [2.24, 2.45) is 4.99 Å². The highest BCUT2D eigenvalue weighted by atomic mass is 35.5. The number of aliphatic imine (C=N–C) groups is 1. The monoisotopic (exact) mass is 423 g/mol. The van der Waals surface area contributed by atoms with Crippen LogP contribution in [0.3, 0.4) is 0 Å². The number of benzene rings is 2. The Hall–Kier alpha value is -2.83. The normalized spacial score (nSPS) is 17.3. The lowest BCUT2D eigenvalue weighted by Crippen LogP contribution is -2.37. The second-order valence-electron chi connectivity index (χ2n) is 6.78. The molecule has 2 heterocycles. The minimum absolute atomic E-state index is 0.120. The van der Waals surface area contributed by atoms with Crippen LogP contribution in [0.4, 0.5) is 0 Å². The van der Waals surface area contributed by atoms with Crippen LogP contribution < -0.4 is 4.74 Å². The van der Waals surface area contributed by atoms with Crippen LogP contribution >= 0.6 is 23.4 Å². The van der Waals surface area contributed by atoms with Gasteiger partial charge in [-0.05, 0) is 48.6 Å². The summed E-state index contributed by atoms with van der Waals surface area (Å²) in [5.74, 6) is 0.261. The Morgan fingerprint density at radius 3 is 2.69 bits per heavy atom. The third kappa shape index (κ3) is 3.99. The molecule has 0 aromatic heterocycles. The average Bonchev–Trinajstić information content (AvgIpc) is 3.06. The fourth-order valence-electron chi connectivity index (χ4n) is 2.98. The van der Waals surface area contributed by atoms with Crippen LogP contribution in [-0.4, -0.2) is 21.8 Å². The molecular weight excluding hydrogens is 406 g/mol. The van der Waals surface area contributed by atoms with Crippen LogP contribution in [0.1, 0.15) is 23.6 Å². The molecule has 29 heavy (non-hydrogen) atoms. The summed E-state index contributed by atoms with van der Waals surface area (Å²) in [5.41, 5.74) is 4.06. The summed E-state index contributed by atoms with van der Waals surface area (Å²) in [4.78, 5) is 18.1. The number of carbonyl (C=O) groups excluding carboxylic acids is 1. The molecule has 0 unspecified atom stereocenters. The van der Waals surface area contributed by atoms with Gasteiger partial charge in [0.1, 0.15) is 18.2 Å². The van der Waals surface area contributed by atoms with E-state index in [0.717, 1.165) is 11.3 Å². The summed E-state index contributed by atoms with van der Waals surface area (Å²) in [6.45, 7) is 4.34. The van der Waals surface area contributed by atoms with Crippen molar-refractivity contribution in [1.82, 2.24) is 4.90 Å². The van der Waals surface area contributed by atoms with Crippen LogP contribution in [0.5, 0.6) is 5.75 Å². The molecule has 7 heteroatoms. The standard InChI is InChI=1S/C22H18ClN3O2S/c1-13-3-5-15(6-4-13)11-28-19-8-7-16(10-18(19)23)9-17-20(24)26-14(2)12-29-22(26)25-21(17)27/h3-10,12,24H,11H2,1-2H3/b17-9+,24-20?. The van der Waals surface area contributed by atoms with Crippen molar-refractivity contribution in [3.05, 3.63) is 80.9 Å². The Kier molecular flexibility index (Phi) is 5.30. The second kappa shape index (κ2) is 7.89. The number of amides is 1. The van der Waals surface area contributed by atoms with Crippen LogP contribution in [-0.2, 0) is 11.4 Å². The number of ether oxygens (including phenoxy) is 1. The lowest BCUT2D eigenvalue weighted by Gasteiger charge is -2.25. The molecule has 0 bridgehead atoms. The van der Waals surface area contributed by atoms with E-state index >= 15 is 0 Å². The Labute approximate surface area is 178 Å². The van der Waals surface area contributed by atoms with Gasteiger partial charge in [0.25, 0.3) is 5.91 Å². The molecule has 0 saturated carbocycles. The van der Waals surface area contributed by atoms with Crippen molar-refractivity contribution in [2.75, 3.05) is 0 Å². The van der Waals surface area contributed by atoms with E-state index in [1.807, 2.05) is 49.6 Å². The lowest BCUT2D eigenvalue weighted by atomic mass is 10.1. The first-order valence-corrected chi connectivity index (χ1v) is 10.2. The number of nitrogens with one attached hydrogen (secondary N) is 1. The van der Waals surface area contributed by atoms with Gasteiger partial charge in [-0.15, -0.1) is 0 Å². The second-order valence-corrected chi connectivity index (χ2v) is 8.03. The van der Waals surface area contributed by atoms with E-state index in [2.05, 4.69) is 4.99 Å². The molecule has 0 aliphatic carbocycles. The Bertz CT molecular complexity index is 1100. The van der Waals surface area contributed by atoms with Crippen LogP contribution in [0.2, 0.25) is 5.02 Å². The van der Waals surface area contributed by atoms with Crippen LogP contribution in [0, 0.1) is 12.3 Å². The topological polar surface area (TPSA) is 65.8 Å². The number of amidine groups is 2. The molecule has 2 aromatic rings. The van der Waals surface area contributed by atoms with Gasteiger partial charge < -0.3 is 4.74 Å². The molecule has 0 fully saturated rings. The van der Waals surface area contributed by atoms with E-state index in [9.17, 15) is 4.79 Å². The first-order chi connectivity index (χ1) is 13.9. The fourth-order valence-corrected chi connectivity index (χ4v) is 4.08. The molecule has 2 aliphatic heterocycles. The molecular formula is C22H18ClN3O2S. The van der Waals surface area contributed by atoms with Gasteiger partial charge in [-0.2, -0.15) is 4.99 Å². The Balaban J connectivity index is 1.53. The smallest absolute Gasteiger partial charge is 0.283 e. The number of hydrogen-bond donors (Lipinski definition) is 1. The summed E-state index contributed by atoms with van der Waals surface area (Å²) < 4.78 is 5.82. The molecule has 146 valence electrons. The highest BCUT2D eigenvalue weighted by molar-refractivity contribution is 8.16. The Morgan fingerprint density at radius 1 is 1.21 bits per heavy atom. The molecule has 5 nitrogen and oxygen atoms in total. The molecule has 1 amide bonds. The maximum atomic E-state index is 12.4. The molecule has 0 spiro atoms. The molecule has 0 atom stereocenters. The van der Waals surface area contributed by atoms with E-state index in [4.69, 9.17) is 21.7 Å². The summed E-state index contributed by atoms with van der Waals surface area (Å²) >= 11 is 7.73. The zero-order valence-electron chi connectivity index (χ0n) is 15.9. The molecule has 0 radical (unpaired) electrons. The number of fused-ring (bicyclic) bond motifs is 1. The quantitative estimate of drug-likeness (QED) is 0.669. The summed E-state index contributed by atoms with van der Waals surface area (Å²) in [6, 6.07) is 13.4. The van der Waals surface area contributed by atoms with Gasteiger partial charge in [-0.3, -0.25) is 15.1 Å². The Morgan fingerprint density at radius 2 is 1.97 bits per heavy atom. The minimum Gasteiger partial charge on any atom is -0.487 e. The number of allylic oxidation sites excluding steroid dienone is 1. The van der Waals surface area contributed by atoms with E-state index in [0.29, 0.717) is 28.1 Å². The van der Waals surface area contributed by atoms with Gasteiger partial charge in [-0.25, -0.2) is 0 Å². The average molecular weight is 424 g/mol. The molecule has 4 rings (SSSR count). The van der Waals surface area contributed by atoms with Crippen LogP contribution in [0.15, 0.2) is 64.1 Å². The van der Waals surface area contributed by atoms with Gasteiger partial charge in [0.15, 0.2) is 5.17 Å². The van der Waals surface area contributed by atoms with Crippen molar-refractivity contribution in [3.8, 4) is 5.75 Å². The predicted octanol–water partition coefficient (Wildman–Crippen LogP) is 5.39. The zero-order chi connectivity index (χ0) is 20.5. The van der Waals surface area contributed by atoms with E-state index in [1.54, 1.807) is 23.1 Å².